The summed E-state index contributed by atoms with van der Waals surface area (Å²) in [5.74, 6) is -3.78. The highest BCUT2D eigenvalue weighted by molar-refractivity contribution is 5.50. The molecular formula is C24H26F4O2. The molecule has 1 aliphatic carbocycles. The zero-order valence-electron chi connectivity index (χ0n) is 17.2. The van der Waals surface area contributed by atoms with Gasteiger partial charge in [0.2, 0.25) is 5.82 Å². The first-order valence-corrected chi connectivity index (χ1v) is 10.3. The fourth-order valence-electron chi connectivity index (χ4n) is 3.90. The van der Waals surface area contributed by atoms with Gasteiger partial charge in [0.1, 0.15) is 0 Å². The van der Waals surface area contributed by atoms with Gasteiger partial charge >= 0.3 is 0 Å². The van der Waals surface area contributed by atoms with Crippen LogP contribution in [0.5, 0.6) is 5.75 Å². The zero-order valence-corrected chi connectivity index (χ0v) is 17.2. The van der Waals surface area contributed by atoms with Crippen molar-refractivity contribution in [3.8, 4) is 5.75 Å². The van der Waals surface area contributed by atoms with E-state index in [1.165, 1.54) is 24.3 Å². The summed E-state index contributed by atoms with van der Waals surface area (Å²) < 4.78 is 67.7. The topological polar surface area (TPSA) is 18.5 Å². The predicted octanol–water partition coefficient (Wildman–Crippen LogP) is 6.92. The fourth-order valence-corrected chi connectivity index (χ4v) is 3.90. The average molecular weight is 422 g/mol. The molecule has 0 heterocycles. The number of rotatable bonds is 7. The third kappa shape index (κ3) is 4.86. The van der Waals surface area contributed by atoms with E-state index in [2.05, 4.69) is 0 Å². The van der Waals surface area contributed by atoms with Crippen molar-refractivity contribution >= 4 is 6.08 Å². The van der Waals surface area contributed by atoms with Crippen LogP contribution in [0.3, 0.4) is 0 Å². The van der Waals surface area contributed by atoms with E-state index in [1.807, 2.05) is 0 Å². The van der Waals surface area contributed by atoms with Crippen LogP contribution in [0.1, 0.15) is 62.1 Å². The lowest BCUT2D eigenvalue weighted by Gasteiger charge is -2.29. The first-order chi connectivity index (χ1) is 14.5. The van der Waals surface area contributed by atoms with Gasteiger partial charge in [-0.3, -0.25) is 0 Å². The van der Waals surface area contributed by atoms with E-state index < -0.39 is 23.3 Å². The Kier molecular flexibility index (Phi) is 7.53. The van der Waals surface area contributed by atoms with Gasteiger partial charge in [-0.15, -0.1) is 0 Å². The molecule has 0 unspecified atom stereocenters. The van der Waals surface area contributed by atoms with Crippen molar-refractivity contribution in [3.05, 3.63) is 70.3 Å². The molecule has 1 fully saturated rings. The minimum Gasteiger partial charge on any atom is -0.491 e. The lowest BCUT2D eigenvalue weighted by molar-refractivity contribution is 0.0116. The molecule has 0 radical (unpaired) electrons. The maximum Gasteiger partial charge on any atom is 0.200 e. The molecule has 30 heavy (non-hydrogen) atoms. The molecule has 2 aromatic carbocycles. The molecular weight excluding hydrogens is 396 g/mol. The molecule has 0 aromatic heterocycles. The maximum atomic E-state index is 14.4. The van der Waals surface area contributed by atoms with E-state index in [4.69, 9.17) is 9.47 Å². The number of allylic oxidation sites excluding steroid dienone is 1. The molecule has 162 valence electrons. The zero-order chi connectivity index (χ0) is 21.7. The van der Waals surface area contributed by atoms with Crippen LogP contribution in [0.25, 0.3) is 6.08 Å². The predicted molar refractivity (Wildman–Crippen MR) is 108 cm³/mol. The molecule has 6 heteroatoms. The van der Waals surface area contributed by atoms with Crippen LogP contribution in [0.2, 0.25) is 0 Å². The Bertz CT molecular complexity index is 903. The van der Waals surface area contributed by atoms with E-state index in [-0.39, 0.29) is 42.1 Å². The van der Waals surface area contributed by atoms with Gasteiger partial charge in [0.05, 0.1) is 19.3 Å². The minimum absolute atomic E-state index is 0.0275. The Morgan fingerprint density at radius 2 is 1.63 bits per heavy atom. The number of hydrogen-bond acceptors (Lipinski definition) is 2. The first-order valence-electron chi connectivity index (χ1n) is 10.3. The van der Waals surface area contributed by atoms with Crippen LogP contribution < -0.4 is 4.74 Å². The van der Waals surface area contributed by atoms with Crippen molar-refractivity contribution in [2.24, 2.45) is 0 Å². The number of hydrogen-bond donors (Lipinski definition) is 0. The smallest absolute Gasteiger partial charge is 0.200 e. The third-order valence-corrected chi connectivity index (χ3v) is 5.50. The fraction of sp³-hybridized carbons (Fsp3) is 0.417. The van der Waals surface area contributed by atoms with Crippen LogP contribution in [0.15, 0.2) is 30.3 Å². The maximum absolute atomic E-state index is 14.4. The second kappa shape index (κ2) is 10.1. The van der Waals surface area contributed by atoms with Gasteiger partial charge in [-0.25, -0.2) is 13.2 Å². The normalized spacial score (nSPS) is 19.4. The van der Waals surface area contributed by atoms with Crippen molar-refractivity contribution in [1.82, 2.24) is 0 Å². The van der Waals surface area contributed by atoms with Crippen LogP contribution >= 0.6 is 0 Å². The molecule has 1 aliphatic rings. The average Bonchev–Trinajstić information content (AvgIpc) is 2.75. The van der Waals surface area contributed by atoms with E-state index in [0.29, 0.717) is 31.2 Å². The second-order valence-corrected chi connectivity index (χ2v) is 7.44. The van der Waals surface area contributed by atoms with Crippen LogP contribution in [-0.2, 0) is 11.3 Å². The largest absolute Gasteiger partial charge is 0.491 e. The van der Waals surface area contributed by atoms with Gasteiger partial charge in [0.15, 0.2) is 23.2 Å². The monoisotopic (exact) mass is 422 g/mol. The molecule has 1 saturated carbocycles. The molecule has 3 rings (SSSR count). The first kappa shape index (κ1) is 22.3. The van der Waals surface area contributed by atoms with Crippen LogP contribution in [0, 0.1) is 23.3 Å². The Hall–Kier alpha value is -2.34. The van der Waals surface area contributed by atoms with Crippen molar-refractivity contribution < 1.29 is 27.0 Å². The van der Waals surface area contributed by atoms with E-state index in [0.717, 1.165) is 0 Å². The standard InChI is InChI=1S/C24H26F4O2/c1-3-5-16-6-7-17(22(26)21(16)25)14-30-18-10-8-15(9-11-18)19-12-13-20(29-4-2)24(28)23(19)27/h3,5-7,12-13,15,18H,4,8-11,14H2,1-2H3/b5-3+. The highest BCUT2D eigenvalue weighted by Crippen LogP contribution is 2.37. The molecule has 0 amide bonds. The lowest BCUT2D eigenvalue weighted by Crippen LogP contribution is -2.21. The number of benzene rings is 2. The van der Waals surface area contributed by atoms with Crippen molar-refractivity contribution in [1.29, 1.82) is 0 Å². The van der Waals surface area contributed by atoms with Crippen LogP contribution in [0.4, 0.5) is 17.6 Å². The number of halogens is 4. The molecule has 0 N–H and O–H groups in total. The summed E-state index contributed by atoms with van der Waals surface area (Å²) in [5, 5.41) is 0. The summed E-state index contributed by atoms with van der Waals surface area (Å²) in [6.07, 6.45) is 5.56. The van der Waals surface area contributed by atoms with Crippen molar-refractivity contribution in [2.75, 3.05) is 6.61 Å². The molecule has 0 spiro atoms. The molecule has 0 bridgehead atoms. The van der Waals surface area contributed by atoms with Gasteiger partial charge < -0.3 is 9.47 Å². The van der Waals surface area contributed by atoms with Gasteiger partial charge in [-0.05, 0) is 57.1 Å². The van der Waals surface area contributed by atoms with Gasteiger partial charge in [0.25, 0.3) is 0 Å². The lowest BCUT2D eigenvalue weighted by atomic mass is 9.82. The molecule has 0 aliphatic heterocycles. The SMILES string of the molecule is C/C=C/c1ccc(COC2CCC(c3ccc(OCC)c(F)c3F)CC2)c(F)c1F. The Balaban J connectivity index is 1.58. The van der Waals surface area contributed by atoms with Gasteiger partial charge in [-0.1, -0.05) is 30.4 Å². The molecule has 2 nitrogen and oxygen atoms in total. The van der Waals surface area contributed by atoms with Crippen molar-refractivity contribution in [2.45, 2.75) is 58.2 Å². The van der Waals surface area contributed by atoms with E-state index in [1.54, 1.807) is 26.0 Å². The summed E-state index contributed by atoms with van der Waals surface area (Å²) in [5.41, 5.74) is 0.716. The van der Waals surface area contributed by atoms with Gasteiger partial charge in [0, 0.05) is 11.1 Å². The molecule has 2 aromatic rings. The van der Waals surface area contributed by atoms with E-state index in [9.17, 15) is 17.6 Å². The highest BCUT2D eigenvalue weighted by atomic mass is 19.2. The Morgan fingerprint density at radius 1 is 0.900 bits per heavy atom. The second-order valence-electron chi connectivity index (χ2n) is 7.44. The van der Waals surface area contributed by atoms with Crippen molar-refractivity contribution in [3.63, 3.8) is 0 Å². The quantitative estimate of drug-likeness (QED) is 0.451. The summed E-state index contributed by atoms with van der Waals surface area (Å²) >= 11 is 0. The molecule has 0 saturated heterocycles. The molecule has 0 atom stereocenters. The summed E-state index contributed by atoms with van der Waals surface area (Å²) in [6, 6.07) is 6.10. The summed E-state index contributed by atoms with van der Waals surface area (Å²) in [4.78, 5) is 0. The minimum atomic E-state index is -0.952. The van der Waals surface area contributed by atoms with Crippen LogP contribution in [-0.4, -0.2) is 12.7 Å². The van der Waals surface area contributed by atoms with Gasteiger partial charge in [-0.2, -0.15) is 4.39 Å². The van der Waals surface area contributed by atoms with E-state index >= 15 is 0 Å². The summed E-state index contributed by atoms with van der Waals surface area (Å²) in [7, 11) is 0. The summed E-state index contributed by atoms with van der Waals surface area (Å²) in [6.45, 7) is 3.68. The third-order valence-electron chi connectivity index (χ3n) is 5.50. The number of ether oxygens (including phenoxy) is 2. The highest BCUT2D eigenvalue weighted by Gasteiger charge is 2.27. The Morgan fingerprint density at radius 3 is 2.30 bits per heavy atom. The Labute approximate surface area is 174 Å².